The van der Waals surface area contributed by atoms with E-state index in [0.717, 1.165) is 11.6 Å². The summed E-state index contributed by atoms with van der Waals surface area (Å²) in [5.74, 6) is -2.64. The van der Waals surface area contributed by atoms with Crippen LogP contribution in [0.2, 0.25) is 0 Å². The quantitative estimate of drug-likeness (QED) is 0.778. The van der Waals surface area contributed by atoms with Crippen LogP contribution in [0.4, 0.5) is 13.2 Å². The van der Waals surface area contributed by atoms with Crippen LogP contribution in [0.15, 0.2) is 6.20 Å². The van der Waals surface area contributed by atoms with Crippen molar-refractivity contribution < 1.29 is 28.1 Å². The first-order valence-corrected chi connectivity index (χ1v) is 4.99. The molecule has 10 heteroatoms. The zero-order chi connectivity index (χ0) is 12.8. The van der Waals surface area contributed by atoms with Crippen molar-refractivity contribution in [1.29, 1.82) is 0 Å². The number of aliphatic hydroxyl groups is 2. The van der Waals surface area contributed by atoms with Crippen LogP contribution in [0.5, 0.6) is 0 Å². The number of aromatic nitrogens is 3. The summed E-state index contributed by atoms with van der Waals surface area (Å²) in [6, 6.07) is 0. The summed E-state index contributed by atoms with van der Waals surface area (Å²) in [6.45, 7) is 0. The van der Waals surface area contributed by atoms with Gasteiger partial charge >= 0.3 is 12.1 Å². The molecule has 0 aromatic carbocycles. The molecule has 17 heavy (non-hydrogen) atoms. The van der Waals surface area contributed by atoms with Crippen molar-refractivity contribution in [2.45, 2.75) is 12.1 Å². The van der Waals surface area contributed by atoms with Gasteiger partial charge in [0.25, 0.3) is 0 Å². The number of fused-ring (bicyclic) bond motifs is 1. The highest BCUT2D eigenvalue weighted by atomic mass is 32.1. The minimum absolute atomic E-state index is 0.114. The van der Waals surface area contributed by atoms with Gasteiger partial charge in [-0.1, -0.05) is 11.3 Å². The van der Waals surface area contributed by atoms with E-state index in [1.807, 2.05) is 0 Å². The number of halogens is 3. The molecule has 0 fully saturated rings. The third kappa shape index (κ3) is 2.11. The van der Waals surface area contributed by atoms with E-state index in [0.29, 0.717) is 17.5 Å². The molecule has 0 bridgehead atoms. The van der Waals surface area contributed by atoms with Crippen molar-refractivity contribution in [3.05, 3.63) is 16.9 Å². The summed E-state index contributed by atoms with van der Waals surface area (Å²) in [7, 11) is 1.02. The average molecular weight is 269 g/mol. The maximum Gasteiger partial charge on any atom is 0.435 e. The summed E-state index contributed by atoms with van der Waals surface area (Å²) < 4.78 is 42.0. The summed E-state index contributed by atoms with van der Waals surface area (Å²) in [4.78, 5) is 3.15. The van der Waals surface area contributed by atoms with Gasteiger partial charge in [0.1, 0.15) is 0 Å². The lowest BCUT2D eigenvalue weighted by Crippen LogP contribution is -2.27. The van der Waals surface area contributed by atoms with Gasteiger partial charge in [-0.3, -0.25) is 0 Å². The van der Waals surface area contributed by atoms with Crippen LogP contribution < -0.4 is 0 Å². The van der Waals surface area contributed by atoms with Crippen LogP contribution >= 0.6 is 11.3 Å². The van der Waals surface area contributed by atoms with E-state index in [9.17, 15) is 23.4 Å². The SMILES string of the molecule is COC(O)(O)c1nn2cc(C(F)(F)F)nc2s1. The Balaban J connectivity index is 2.45. The lowest BCUT2D eigenvalue weighted by atomic mass is 10.5. The zero-order valence-electron chi connectivity index (χ0n) is 8.26. The van der Waals surface area contributed by atoms with E-state index in [4.69, 9.17) is 0 Å². The molecule has 0 atom stereocenters. The molecular weight excluding hydrogens is 263 g/mol. The number of rotatable bonds is 2. The Bertz CT molecular complexity index is 516. The van der Waals surface area contributed by atoms with Gasteiger partial charge in [-0.25, -0.2) is 9.50 Å². The Kier molecular flexibility index (Phi) is 2.61. The number of ether oxygens (including phenoxy) is 1. The number of methoxy groups -OCH3 is 1. The highest BCUT2D eigenvalue weighted by Gasteiger charge is 2.36. The van der Waals surface area contributed by atoms with E-state index in [2.05, 4.69) is 14.8 Å². The third-order valence-corrected chi connectivity index (χ3v) is 2.90. The Morgan fingerprint density at radius 1 is 1.41 bits per heavy atom. The van der Waals surface area contributed by atoms with E-state index < -0.39 is 17.8 Å². The molecule has 2 N–H and O–H groups in total. The number of hydrogen-bond donors (Lipinski definition) is 2. The molecule has 2 rings (SSSR count). The molecule has 6 nitrogen and oxygen atoms in total. The zero-order valence-corrected chi connectivity index (χ0v) is 9.08. The largest absolute Gasteiger partial charge is 0.435 e. The van der Waals surface area contributed by atoms with Crippen LogP contribution in [0.1, 0.15) is 10.7 Å². The highest BCUT2D eigenvalue weighted by Crippen LogP contribution is 2.31. The Hall–Kier alpha value is -1.23. The van der Waals surface area contributed by atoms with Crippen LogP contribution in [0.25, 0.3) is 4.96 Å². The second kappa shape index (κ2) is 3.63. The maximum atomic E-state index is 12.3. The van der Waals surface area contributed by atoms with Crippen molar-refractivity contribution in [2.75, 3.05) is 7.11 Å². The van der Waals surface area contributed by atoms with Gasteiger partial charge in [0.2, 0.25) is 9.97 Å². The molecule has 0 aliphatic rings. The summed E-state index contributed by atoms with van der Waals surface area (Å²) in [5, 5.41) is 21.8. The van der Waals surface area contributed by atoms with E-state index in [1.54, 1.807) is 0 Å². The van der Waals surface area contributed by atoms with Crippen LogP contribution in [-0.4, -0.2) is 31.9 Å². The molecule has 0 aliphatic heterocycles. The second-order valence-electron chi connectivity index (χ2n) is 3.07. The normalized spacial score (nSPS) is 13.5. The average Bonchev–Trinajstić information content (AvgIpc) is 2.72. The fraction of sp³-hybridized carbons (Fsp3) is 0.429. The van der Waals surface area contributed by atoms with Gasteiger partial charge < -0.3 is 14.9 Å². The van der Waals surface area contributed by atoms with E-state index >= 15 is 0 Å². The van der Waals surface area contributed by atoms with Crippen LogP contribution in [-0.2, 0) is 16.9 Å². The first-order valence-electron chi connectivity index (χ1n) is 4.18. The van der Waals surface area contributed by atoms with Crippen LogP contribution in [0.3, 0.4) is 0 Å². The molecule has 0 saturated heterocycles. The Labute approximate surface area is 95.9 Å². The molecule has 0 aliphatic carbocycles. The number of hydrogen-bond acceptors (Lipinski definition) is 6. The second-order valence-corrected chi connectivity index (χ2v) is 4.03. The van der Waals surface area contributed by atoms with E-state index in [-0.39, 0.29) is 9.97 Å². The summed E-state index contributed by atoms with van der Waals surface area (Å²) in [5.41, 5.74) is -1.10. The smallest absolute Gasteiger partial charge is 0.338 e. The number of imidazole rings is 1. The van der Waals surface area contributed by atoms with Crippen molar-refractivity contribution >= 4 is 16.3 Å². The fourth-order valence-corrected chi connectivity index (χ4v) is 1.90. The first-order chi connectivity index (χ1) is 7.74. The predicted molar refractivity (Wildman–Crippen MR) is 49.0 cm³/mol. The van der Waals surface area contributed by atoms with Crippen molar-refractivity contribution in [3.8, 4) is 0 Å². The first kappa shape index (κ1) is 12.2. The monoisotopic (exact) mass is 269 g/mol. The predicted octanol–water partition coefficient (Wildman–Crippen LogP) is 0.551. The molecule has 0 radical (unpaired) electrons. The lowest BCUT2D eigenvalue weighted by molar-refractivity contribution is -0.338. The fourth-order valence-electron chi connectivity index (χ4n) is 1.06. The Morgan fingerprint density at radius 2 is 2.06 bits per heavy atom. The third-order valence-electron chi connectivity index (χ3n) is 1.90. The van der Waals surface area contributed by atoms with Crippen molar-refractivity contribution in [1.82, 2.24) is 14.6 Å². The molecule has 2 aromatic rings. The van der Waals surface area contributed by atoms with Gasteiger partial charge in [0.05, 0.1) is 6.20 Å². The Morgan fingerprint density at radius 3 is 2.53 bits per heavy atom. The van der Waals surface area contributed by atoms with Gasteiger partial charge in [0, 0.05) is 7.11 Å². The lowest BCUT2D eigenvalue weighted by Gasteiger charge is -2.14. The maximum absolute atomic E-state index is 12.3. The molecular formula is C7H6F3N3O3S. The van der Waals surface area contributed by atoms with E-state index in [1.165, 1.54) is 0 Å². The summed E-state index contributed by atoms with van der Waals surface area (Å²) >= 11 is 0.581. The molecule has 0 saturated carbocycles. The number of alkyl halides is 3. The standard InChI is InChI=1S/C7H6F3N3O3S/c1-16-7(14,15)4-12-13-2-3(6(8,9)10)11-5(13)17-4/h2,14-15H,1H3. The minimum Gasteiger partial charge on any atom is -0.338 e. The van der Waals surface area contributed by atoms with Gasteiger partial charge in [0.15, 0.2) is 5.69 Å². The minimum atomic E-state index is -4.57. The molecule has 0 amide bonds. The van der Waals surface area contributed by atoms with Crippen LogP contribution in [0, 0.1) is 0 Å². The van der Waals surface area contributed by atoms with Gasteiger partial charge in [-0.05, 0) is 0 Å². The van der Waals surface area contributed by atoms with Gasteiger partial charge in [-0.2, -0.15) is 18.3 Å². The molecule has 0 unspecified atom stereocenters. The van der Waals surface area contributed by atoms with Crippen molar-refractivity contribution in [3.63, 3.8) is 0 Å². The molecule has 2 aromatic heterocycles. The number of nitrogens with zero attached hydrogens (tertiary/aromatic N) is 3. The molecule has 0 spiro atoms. The summed E-state index contributed by atoms with van der Waals surface area (Å²) in [6.07, 6.45) is -3.91. The highest BCUT2D eigenvalue weighted by molar-refractivity contribution is 7.16. The van der Waals surface area contributed by atoms with Crippen molar-refractivity contribution in [2.24, 2.45) is 0 Å². The molecule has 2 heterocycles. The topological polar surface area (TPSA) is 79.9 Å². The molecule has 94 valence electrons. The van der Waals surface area contributed by atoms with Gasteiger partial charge in [-0.15, -0.1) is 0 Å².